The van der Waals surface area contributed by atoms with Crippen LogP contribution in [0.2, 0.25) is 0 Å². The van der Waals surface area contributed by atoms with Gasteiger partial charge in [0.1, 0.15) is 82.2 Å². The molecule has 4 heterocycles. The fourth-order valence-corrected chi connectivity index (χ4v) is 9.17. The highest BCUT2D eigenvalue weighted by molar-refractivity contribution is 6.07. The number of carbonyl (C=O) groups excluding carboxylic acids is 2. The molecule has 2 aliphatic rings. The molecule has 0 spiro atoms. The number of methoxy groups -OCH3 is 4. The summed E-state index contributed by atoms with van der Waals surface area (Å²) in [6.45, 7) is 10.1. The number of hydrogen-bond donors (Lipinski definition) is 6. The predicted molar refractivity (Wildman–Crippen MR) is 260 cm³/mol. The van der Waals surface area contributed by atoms with E-state index in [1.54, 1.807) is 77.9 Å². The Balaban J connectivity index is 1.01. The van der Waals surface area contributed by atoms with E-state index in [0.29, 0.717) is 38.8 Å². The first-order chi connectivity index (χ1) is 34.1. The number of aryl methyl sites for hydroxylation is 2. The fraction of sp³-hybridized carbons (Fsp3) is 0.385. The maximum atomic E-state index is 13.9. The molecule has 0 aliphatic carbocycles. The van der Waals surface area contributed by atoms with E-state index < -0.39 is 83.5 Å². The van der Waals surface area contributed by atoms with Crippen LogP contribution in [0.3, 0.4) is 0 Å². The molecule has 8 rings (SSSR count). The molecule has 0 saturated carbocycles. The van der Waals surface area contributed by atoms with Crippen molar-refractivity contribution in [1.29, 1.82) is 0 Å². The van der Waals surface area contributed by atoms with E-state index in [9.17, 15) is 39.6 Å². The van der Waals surface area contributed by atoms with Crippen molar-refractivity contribution in [2.45, 2.75) is 102 Å². The number of ether oxygens (including phenoxy) is 8. The number of amides is 2. The van der Waals surface area contributed by atoms with Crippen LogP contribution in [0.4, 0.5) is 11.4 Å². The third kappa shape index (κ3) is 9.74. The lowest BCUT2D eigenvalue weighted by atomic mass is 9.89. The molecule has 20 heteroatoms. The maximum Gasteiger partial charge on any atom is 0.360 e. The van der Waals surface area contributed by atoms with E-state index in [1.165, 1.54) is 64.8 Å². The Labute approximate surface area is 411 Å². The second-order valence-corrected chi connectivity index (χ2v) is 18.6. The first-order valence-electron chi connectivity index (χ1n) is 22.7. The number of anilines is 2. The van der Waals surface area contributed by atoms with Crippen molar-refractivity contribution < 1.29 is 76.7 Å². The van der Waals surface area contributed by atoms with Crippen LogP contribution in [0.1, 0.15) is 59.5 Å². The lowest BCUT2D eigenvalue weighted by molar-refractivity contribution is -0.306. The standard InChI is InChI=1S/C52H56N2O18/c1-23-34(67-49-39(57)37(55)43(65-9)51(3,4)71-49)14-11-25-21-32(47(61)69-41(23)25)53-45(59)27-13-16-36(64-8)31(20-27)28-17-29(19-30(18-28)63-7)46(60)54-33-22-26-12-15-35(24(2)42(26)70-48(33)62)68-50-40(58)38(56)44(66-10)52(5,6)72-50/h11-22,37-40,43-44,49-50,55-58H,1-10H3,(H,53,59)(H,54,60)/t37-,38-,39+,40+,43+,44+,49+,50+/m0/s1. The van der Waals surface area contributed by atoms with E-state index in [2.05, 4.69) is 10.6 Å². The Bertz CT molecular complexity index is 3180. The van der Waals surface area contributed by atoms with Gasteiger partial charge in [0.05, 0.1) is 25.4 Å². The molecule has 2 amide bonds. The Morgan fingerprint density at radius 2 is 1.01 bits per heavy atom. The average molecular weight is 997 g/mol. The normalized spacial score (nSPS) is 23.6. The average Bonchev–Trinajstić information content (AvgIpc) is 3.34. The monoisotopic (exact) mass is 996 g/mol. The minimum Gasteiger partial charge on any atom is -0.497 e. The summed E-state index contributed by atoms with van der Waals surface area (Å²) in [4.78, 5) is 54.5. The Morgan fingerprint density at radius 1 is 0.556 bits per heavy atom. The summed E-state index contributed by atoms with van der Waals surface area (Å²) in [5, 5.41) is 49.1. The first-order valence-corrected chi connectivity index (χ1v) is 22.7. The summed E-state index contributed by atoms with van der Waals surface area (Å²) in [6.07, 6.45) is -9.76. The largest absolute Gasteiger partial charge is 0.497 e. The van der Waals surface area contributed by atoms with Crippen LogP contribution in [-0.4, -0.2) is 121 Å². The fourth-order valence-electron chi connectivity index (χ4n) is 9.17. The van der Waals surface area contributed by atoms with Crippen LogP contribution in [0.25, 0.3) is 33.1 Å². The van der Waals surface area contributed by atoms with Crippen molar-refractivity contribution in [1.82, 2.24) is 0 Å². The molecule has 72 heavy (non-hydrogen) atoms. The molecule has 8 atom stereocenters. The van der Waals surface area contributed by atoms with Gasteiger partial charge in [0.2, 0.25) is 12.6 Å². The van der Waals surface area contributed by atoms with E-state index in [0.717, 1.165) is 0 Å². The minimum atomic E-state index is -1.46. The number of benzene rings is 4. The summed E-state index contributed by atoms with van der Waals surface area (Å²) in [5.41, 5.74) is -2.12. The van der Waals surface area contributed by atoms with Crippen LogP contribution in [-0.2, 0) is 18.9 Å². The van der Waals surface area contributed by atoms with Gasteiger partial charge in [0, 0.05) is 52.8 Å². The molecular formula is C52H56N2O18. The van der Waals surface area contributed by atoms with Gasteiger partial charge in [-0.05, 0) is 120 Å². The molecule has 20 nitrogen and oxygen atoms in total. The molecular weight excluding hydrogens is 941 g/mol. The van der Waals surface area contributed by atoms with Gasteiger partial charge in [-0.3, -0.25) is 9.59 Å². The molecule has 2 fully saturated rings. The van der Waals surface area contributed by atoms with Gasteiger partial charge >= 0.3 is 11.3 Å². The highest BCUT2D eigenvalue weighted by Gasteiger charge is 2.52. The van der Waals surface area contributed by atoms with E-state index >= 15 is 0 Å². The van der Waals surface area contributed by atoms with Gasteiger partial charge in [-0.2, -0.15) is 0 Å². The number of hydrogen-bond acceptors (Lipinski definition) is 18. The zero-order chi connectivity index (χ0) is 52.1. The van der Waals surface area contributed by atoms with Crippen molar-refractivity contribution in [3.63, 3.8) is 0 Å². The molecule has 2 aliphatic heterocycles. The van der Waals surface area contributed by atoms with E-state index in [-0.39, 0.29) is 50.9 Å². The lowest BCUT2D eigenvalue weighted by Gasteiger charge is -2.46. The van der Waals surface area contributed by atoms with Crippen LogP contribution < -0.4 is 40.8 Å². The predicted octanol–water partition coefficient (Wildman–Crippen LogP) is 5.21. The first kappa shape index (κ1) is 51.5. The molecule has 6 aromatic rings. The Morgan fingerprint density at radius 3 is 1.46 bits per heavy atom. The van der Waals surface area contributed by atoms with Gasteiger partial charge < -0.3 is 77.8 Å². The SMILES string of the molecule is COc1cc(C(=O)Nc2cc3ccc(O[C@@H]4OC(C)(C)[C@H](OC)[C@@H](O)[C@H]4O)c(C)c3oc2=O)cc(-c2cc(C(=O)Nc3cc4ccc(O[C@@H]5OC(C)(C)[C@H](OC)[C@@H](O)[C@H]5O)c(C)c4oc3=O)ccc2OC)c1. The van der Waals surface area contributed by atoms with Crippen LogP contribution in [0.15, 0.2) is 91.2 Å². The number of nitrogens with one attached hydrogen (secondary N) is 2. The van der Waals surface area contributed by atoms with Crippen LogP contribution in [0, 0.1) is 13.8 Å². The third-order valence-electron chi connectivity index (χ3n) is 13.0. The second kappa shape index (κ2) is 20.0. The highest BCUT2D eigenvalue weighted by atomic mass is 16.7. The van der Waals surface area contributed by atoms with Gasteiger partial charge in [0.25, 0.3) is 11.8 Å². The van der Waals surface area contributed by atoms with Gasteiger partial charge in [-0.15, -0.1) is 0 Å². The number of aliphatic hydroxyl groups excluding tert-OH is 4. The quantitative estimate of drug-likeness (QED) is 0.0811. The zero-order valence-electron chi connectivity index (χ0n) is 41.1. The van der Waals surface area contributed by atoms with Crippen molar-refractivity contribution in [3.8, 4) is 34.1 Å². The van der Waals surface area contributed by atoms with Crippen molar-refractivity contribution >= 4 is 45.1 Å². The molecule has 6 N–H and O–H groups in total. The maximum absolute atomic E-state index is 13.9. The van der Waals surface area contributed by atoms with Gasteiger partial charge in [-0.25, -0.2) is 9.59 Å². The third-order valence-corrected chi connectivity index (χ3v) is 13.0. The van der Waals surface area contributed by atoms with Gasteiger partial charge in [0.15, 0.2) is 0 Å². The summed E-state index contributed by atoms with van der Waals surface area (Å²) in [6, 6.07) is 18.4. The van der Waals surface area contributed by atoms with Crippen molar-refractivity contribution in [2.24, 2.45) is 0 Å². The van der Waals surface area contributed by atoms with Crippen LogP contribution >= 0.6 is 0 Å². The summed E-state index contributed by atoms with van der Waals surface area (Å²) in [7, 11) is 5.64. The van der Waals surface area contributed by atoms with Gasteiger partial charge in [-0.1, -0.05) is 0 Å². The van der Waals surface area contributed by atoms with E-state index in [1.807, 2.05) is 0 Å². The molecule has 2 saturated heterocycles. The highest BCUT2D eigenvalue weighted by Crippen LogP contribution is 2.39. The molecule has 0 bridgehead atoms. The molecule has 382 valence electrons. The summed E-state index contributed by atoms with van der Waals surface area (Å²) >= 11 is 0. The Hall–Kier alpha value is -6.88. The second-order valence-electron chi connectivity index (χ2n) is 18.6. The Kier molecular flexibility index (Phi) is 14.3. The minimum absolute atomic E-state index is 0.0637. The van der Waals surface area contributed by atoms with Crippen molar-refractivity contribution in [2.75, 3.05) is 39.1 Å². The molecule has 0 radical (unpaired) electrons. The molecule has 4 aromatic carbocycles. The topological polar surface area (TPSA) is 273 Å². The smallest absolute Gasteiger partial charge is 0.360 e. The zero-order valence-corrected chi connectivity index (χ0v) is 41.1. The number of fused-ring (bicyclic) bond motifs is 2. The lowest BCUT2D eigenvalue weighted by Crippen LogP contribution is -2.63. The number of carbonyl (C=O) groups is 2. The summed E-state index contributed by atoms with van der Waals surface area (Å²) < 4.78 is 57.1. The van der Waals surface area contributed by atoms with Crippen LogP contribution in [0.5, 0.6) is 23.0 Å². The van der Waals surface area contributed by atoms with E-state index in [4.69, 9.17) is 46.7 Å². The molecule has 0 unspecified atom stereocenters. The number of aliphatic hydroxyl groups is 4. The van der Waals surface area contributed by atoms with Crippen molar-refractivity contribution in [3.05, 3.63) is 116 Å². The summed E-state index contributed by atoms with van der Waals surface area (Å²) in [5.74, 6) is -0.374. The number of rotatable bonds is 13. The molecule has 2 aromatic heterocycles.